The second-order valence-electron chi connectivity index (χ2n) is 11.7. The number of aromatic nitrogens is 2. The van der Waals surface area contributed by atoms with Crippen molar-refractivity contribution in [1.29, 1.82) is 0 Å². The lowest BCUT2D eigenvalue weighted by atomic mass is 9.87. The van der Waals surface area contributed by atoms with Crippen molar-refractivity contribution in [2.75, 3.05) is 6.61 Å². The van der Waals surface area contributed by atoms with E-state index in [1.54, 1.807) is 0 Å². The maximum Gasteiger partial charge on any atom is 0.216 e. The van der Waals surface area contributed by atoms with Crippen molar-refractivity contribution < 1.29 is 8.85 Å². The molecule has 202 valence electrons. The molecule has 3 heterocycles. The highest BCUT2D eigenvalue weighted by Gasteiger charge is 2.21. The van der Waals surface area contributed by atoms with Gasteiger partial charge in [0.05, 0.1) is 22.8 Å². The lowest BCUT2D eigenvalue weighted by Crippen LogP contribution is -2.11. The number of hydrogen-bond acceptors (Lipinski definition) is 3. The molecule has 1 atom stereocenters. The Morgan fingerprint density at radius 3 is 2.34 bits per heavy atom. The molecule has 0 fully saturated rings. The van der Waals surface area contributed by atoms with E-state index >= 15 is 0 Å². The second kappa shape index (κ2) is 9.74. The van der Waals surface area contributed by atoms with Crippen molar-refractivity contribution in [2.45, 2.75) is 39.1 Å². The molecule has 0 N–H and O–H groups in total. The molecule has 0 unspecified atom stereocenters. The number of nitrogens with zero attached hydrogens (tertiary/aromatic N) is 3. The van der Waals surface area contributed by atoms with Crippen LogP contribution >= 0.6 is 0 Å². The number of para-hydroxylation sites is 1. The van der Waals surface area contributed by atoms with Crippen molar-refractivity contribution >= 4 is 27.7 Å². The minimum Gasteiger partial charge on any atom is -0.475 e. The Labute approximate surface area is 245 Å². The van der Waals surface area contributed by atoms with E-state index in [0.717, 1.165) is 55.4 Å². The van der Waals surface area contributed by atoms with Gasteiger partial charge >= 0.3 is 0 Å². The van der Waals surface area contributed by atoms with Crippen molar-refractivity contribution in [3.05, 3.63) is 120 Å². The van der Waals surface area contributed by atoms with Gasteiger partial charge in [0, 0.05) is 37.9 Å². The molecule has 2 aromatic heterocycles. The molecule has 4 nitrogen and oxygen atoms in total. The lowest BCUT2D eigenvalue weighted by Gasteiger charge is -2.19. The van der Waals surface area contributed by atoms with Crippen LogP contribution in [0.15, 0.2) is 114 Å². The summed E-state index contributed by atoms with van der Waals surface area (Å²) >= 11 is 0. The predicted molar refractivity (Wildman–Crippen MR) is 170 cm³/mol. The van der Waals surface area contributed by atoms with Crippen LogP contribution in [0.5, 0.6) is 0 Å². The van der Waals surface area contributed by atoms with E-state index in [-0.39, 0.29) is 12.0 Å². The van der Waals surface area contributed by atoms with Gasteiger partial charge in [-0.1, -0.05) is 81.4 Å². The number of pyridine rings is 1. The van der Waals surface area contributed by atoms with Crippen LogP contribution in [0.3, 0.4) is 0 Å². The zero-order valence-corrected chi connectivity index (χ0v) is 23.4. The molecule has 0 amide bonds. The Hall–Kier alpha value is -4.70. The van der Waals surface area contributed by atoms with Gasteiger partial charge in [0.2, 0.25) is 5.90 Å². The Morgan fingerprint density at radius 2 is 1.54 bits per heavy atom. The third kappa shape index (κ3) is 4.59. The largest absolute Gasteiger partial charge is 0.475 e. The lowest BCUT2D eigenvalue weighted by molar-refractivity contribution is 0.324. The van der Waals surface area contributed by atoms with Crippen LogP contribution in [-0.4, -0.2) is 28.1 Å². The third-order valence-corrected chi connectivity index (χ3v) is 7.78. The molecule has 4 aromatic carbocycles. The Morgan fingerprint density at radius 1 is 0.756 bits per heavy atom. The highest BCUT2D eigenvalue weighted by molar-refractivity contribution is 6.10. The molecular weight excluding hydrogens is 502 g/mol. The topological polar surface area (TPSA) is 39.4 Å². The molecule has 0 saturated heterocycles. The Kier molecular flexibility index (Phi) is 5.24. The zero-order chi connectivity index (χ0) is 30.6. The van der Waals surface area contributed by atoms with E-state index in [1.165, 1.54) is 5.56 Å². The monoisotopic (exact) mass is 538 g/mol. The van der Waals surface area contributed by atoms with Crippen LogP contribution in [0.25, 0.3) is 49.9 Å². The number of rotatable bonds is 4. The first-order valence-electron chi connectivity index (χ1n) is 15.5. The van der Waals surface area contributed by atoms with Gasteiger partial charge in [-0.25, -0.2) is 4.99 Å². The highest BCUT2D eigenvalue weighted by Crippen LogP contribution is 2.37. The SMILES string of the molecule is [2H]C([2H])([2H])[C@@H]1COC(c2cc(-c3ccccc3)cc(-n3c4ccccc4c4ccc(-c5cc(C(C)(C)C)ccn5)cc43)c2)=N1. The summed E-state index contributed by atoms with van der Waals surface area (Å²) in [5, 5.41) is 2.29. The first kappa shape index (κ1) is 22.0. The summed E-state index contributed by atoms with van der Waals surface area (Å²) in [5.74, 6) is 0.356. The maximum absolute atomic E-state index is 7.87. The van der Waals surface area contributed by atoms with E-state index in [9.17, 15) is 0 Å². The highest BCUT2D eigenvalue weighted by atomic mass is 16.5. The number of benzene rings is 4. The average Bonchev–Trinajstić information content (AvgIpc) is 3.65. The molecular formula is C37H33N3O. The first-order chi connectivity index (χ1) is 21.1. The molecule has 1 aliphatic heterocycles. The van der Waals surface area contributed by atoms with Gasteiger partial charge in [-0.15, -0.1) is 0 Å². The standard InChI is InChI=1S/C37H33N3O/c1-24-23-41-36(39-24)28-18-27(25-10-6-5-7-11-25)19-30(20-28)40-34-13-9-8-12-31(34)32-15-14-26(21-35(32)40)33-22-29(16-17-38-33)37(2,3)4/h5-22,24H,23H2,1-4H3/t24-/m1/s1/i1D3. The van der Waals surface area contributed by atoms with Crippen LogP contribution in [-0.2, 0) is 10.2 Å². The van der Waals surface area contributed by atoms with Crippen molar-refractivity contribution in [3.8, 4) is 28.1 Å². The summed E-state index contributed by atoms with van der Waals surface area (Å²) in [5.41, 5.74) is 9.05. The number of fused-ring (bicyclic) bond motifs is 3. The Bertz CT molecular complexity index is 2050. The fourth-order valence-corrected chi connectivity index (χ4v) is 5.66. The van der Waals surface area contributed by atoms with E-state index < -0.39 is 12.9 Å². The van der Waals surface area contributed by atoms with Gasteiger partial charge in [-0.3, -0.25) is 4.98 Å². The third-order valence-electron chi connectivity index (χ3n) is 7.78. The van der Waals surface area contributed by atoms with Gasteiger partial charge < -0.3 is 9.30 Å². The smallest absolute Gasteiger partial charge is 0.216 e. The van der Waals surface area contributed by atoms with E-state index in [0.29, 0.717) is 5.90 Å². The zero-order valence-electron chi connectivity index (χ0n) is 26.4. The normalized spacial score (nSPS) is 16.7. The molecule has 4 heteroatoms. The van der Waals surface area contributed by atoms with Crippen LogP contribution in [0.1, 0.15) is 42.9 Å². The molecule has 0 aliphatic carbocycles. The average molecular weight is 539 g/mol. The summed E-state index contributed by atoms with van der Waals surface area (Å²) < 4.78 is 31.8. The van der Waals surface area contributed by atoms with Crippen LogP contribution < -0.4 is 0 Å². The van der Waals surface area contributed by atoms with Crippen molar-refractivity contribution in [1.82, 2.24) is 9.55 Å². The molecule has 6 aromatic rings. The number of ether oxygens (including phenoxy) is 1. The van der Waals surface area contributed by atoms with Gasteiger partial charge in [0.1, 0.15) is 6.61 Å². The summed E-state index contributed by atoms with van der Waals surface area (Å²) in [4.78, 5) is 9.25. The quantitative estimate of drug-likeness (QED) is 0.225. The van der Waals surface area contributed by atoms with Crippen LogP contribution in [0.2, 0.25) is 0 Å². The fourth-order valence-electron chi connectivity index (χ4n) is 5.66. The van der Waals surface area contributed by atoms with E-state index in [1.807, 2.05) is 36.5 Å². The van der Waals surface area contributed by atoms with Gasteiger partial charge in [-0.05, 0) is 71.4 Å². The molecule has 1 aliphatic rings. The minimum absolute atomic E-state index is 0.00849. The fraction of sp³-hybridized carbons (Fsp3) is 0.189. The summed E-state index contributed by atoms with van der Waals surface area (Å²) in [6.07, 6.45) is 1.89. The summed E-state index contributed by atoms with van der Waals surface area (Å²) in [6.45, 7) is 4.45. The maximum atomic E-state index is 7.87. The van der Waals surface area contributed by atoms with E-state index in [2.05, 4.69) is 103 Å². The molecule has 41 heavy (non-hydrogen) atoms. The summed E-state index contributed by atoms with van der Waals surface area (Å²) in [7, 11) is 0. The molecule has 7 rings (SSSR count). The second-order valence-corrected chi connectivity index (χ2v) is 11.7. The van der Waals surface area contributed by atoms with Crippen molar-refractivity contribution in [2.24, 2.45) is 4.99 Å². The number of aliphatic imine (C=N–C) groups is 1. The molecule has 0 spiro atoms. The van der Waals surface area contributed by atoms with Crippen molar-refractivity contribution in [3.63, 3.8) is 0 Å². The van der Waals surface area contributed by atoms with Gasteiger partial charge in [0.15, 0.2) is 0 Å². The number of hydrogen-bond donors (Lipinski definition) is 0. The first-order valence-corrected chi connectivity index (χ1v) is 14.0. The minimum atomic E-state index is -2.22. The summed E-state index contributed by atoms with van der Waals surface area (Å²) in [6, 6.07) is 34.8. The molecule has 0 saturated carbocycles. The predicted octanol–water partition coefficient (Wildman–Crippen LogP) is 8.98. The van der Waals surface area contributed by atoms with E-state index in [4.69, 9.17) is 13.8 Å². The molecule has 0 bridgehead atoms. The molecule has 0 radical (unpaired) electrons. The van der Waals surface area contributed by atoms with Crippen LogP contribution in [0.4, 0.5) is 0 Å². The Balaban J connectivity index is 1.47. The van der Waals surface area contributed by atoms with Gasteiger partial charge in [0.25, 0.3) is 0 Å². The van der Waals surface area contributed by atoms with Gasteiger partial charge in [-0.2, -0.15) is 0 Å². The van der Waals surface area contributed by atoms with Crippen LogP contribution in [0, 0.1) is 0 Å².